The highest BCUT2D eigenvalue weighted by molar-refractivity contribution is 5.72. The average Bonchev–Trinajstić information content (AvgIpc) is 2.44. The van der Waals surface area contributed by atoms with Gasteiger partial charge in [0.15, 0.2) is 11.5 Å². The Balaban J connectivity index is 2.46. The number of aromatic hydroxyl groups is 1. The fourth-order valence-electron chi connectivity index (χ4n) is 1.79. The van der Waals surface area contributed by atoms with Crippen LogP contribution < -0.4 is 16.0 Å². The first kappa shape index (κ1) is 15.0. The molecule has 0 amide bonds. The number of aromatic amines is 2. The molecule has 0 atom stereocenters. The van der Waals surface area contributed by atoms with Crippen LogP contribution >= 0.6 is 0 Å². The first-order valence-electron chi connectivity index (χ1n) is 5.98. The Morgan fingerprint density at radius 2 is 2.00 bits per heavy atom. The fraction of sp³-hybridized carbons (Fsp3) is 0.0769. The molecule has 2 rings (SSSR count). The van der Waals surface area contributed by atoms with Gasteiger partial charge in [-0.1, -0.05) is 12.1 Å². The topological polar surface area (TPSA) is 138 Å². The van der Waals surface area contributed by atoms with E-state index < -0.39 is 21.9 Å². The molecule has 9 nitrogen and oxygen atoms in total. The van der Waals surface area contributed by atoms with Crippen LogP contribution in [0.2, 0.25) is 0 Å². The van der Waals surface area contributed by atoms with Crippen LogP contribution in [-0.2, 0) is 0 Å². The standard InChI is InChI=1S/C13H11N3O6/c1-22-10-5-3-7(6-9(10)17)2-4-8-11(16(20)21)12(18)15-13(19)14-8/h2-6,17H,1H3,(H2,14,15,18,19)/b4-2+. The maximum atomic E-state index is 11.4. The number of ether oxygens (including phenoxy) is 1. The van der Waals surface area contributed by atoms with Crippen LogP contribution in [0.25, 0.3) is 12.2 Å². The molecule has 22 heavy (non-hydrogen) atoms. The van der Waals surface area contributed by atoms with Crippen LogP contribution in [0.5, 0.6) is 11.5 Å². The maximum absolute atomic E-state index is 11.4. The van der Waals surface area contributed by atoms with Crippen molar-refractivity contribution in [2.75, 3.05) is 7.11 Å². The zero-order valence-corrected chi connectivity index (χ0v) is 11.3. The van der Waals surface area contributed by atoms with E-state index >= 15 is 0 Å². The van der Waals surface area contributed by atoms with Gasteiger partial charge in [0.25, 0.3) is 0 Å². The second-order valence-corrected chi connectivity index (χ2v) is 4.19. The molecule has 0 fully saturated rings. The molecule has 0 radical (unpaired) electrons. The summed E-state index contributed by atoms with van der Waals surface area (Å²) in [5, 5.41) is 20.5. The van der Waals surface area contributed by atoms with Crippen molar-refractivity contribution < 1.29 is 14.8 Å². The van der Waals surface area contributed by atoms with Gasteiger partial charge in [-0.15, -0.1) is 0 Å². The minimum absolute atomic E-state index is 0.112. The van der Waals surface area contributed by atoms with Crippen molar-refractivity contribution in [1.82, 2.24) is 9.97 Å². The highest BCUT2D eigenvalue weighted by Gasteiger charge is 2.18. The van der Waals surface area contributed by atoms with Gasteiger partial charge in [0.05, 0.1) is 12.0 Å². The number of methoxy groups -OCH3 is 1. The van der Waals surface area contributed by atoms with E-state index in [-0.39, 0.29) is 17.2 Å². The molecule has 0 bridgehead atoms. The average molecular weight is 305 g/mol. The van der Waals surface area contributed by atoms with E-state index in [1.165, 1.54) is 31.4 Å². The molecular formula is C13H11N3O6. The maximum Gasteiger partial charge on any atom is 0.357 e. The van der Waals surface area contributed by atoms with Crippen molar-refractivity contribution in [3.8, 4) is 11.5 Å². The number of hydrogen-bond donors (Lipinski definition) is 3. The molecule has 0 aliphatic heterocycles. The van der Waals surface area contributed by atoms with Gasteiger partial charge >= 0.3 is 16.9 Å². The molecule has 1 heterocycles. The van der Waals surface area contributed by atoms with Crippen LogP contribution in [0, 0.1) is 10.1 Å². The Morgan fingerprint density at radius 1 is 1.27 bits per heavy atom. The van der Waals surface area contributed by atoms with Gasteiger partial charge in [-0.2, -0.15) is 0 Å². The number of rotatable bonds is 4. The second kappa shape index (κ2) is 5.95. The smallest absolute Gasteiger partial charge is 0.357 e. The zero-order valence-electron chi connectivity index (χ0n) is 11.3. The molecule has 0 saturated heterocycles. The molecule has 1 aromatic carbocycles. The first-order chi connectivity index (χ1) is 10.4. The van der Waals surface area contributed by atoms with Gasteiger partial charge in [0.2, 0.25) is 0 Å². The summed E-state index contributed by atoms with van der Waals surface area (Å²) >= 11 is 0. The van der Waals surface area contributed by atoms with Crippen molar-refractivity contribution in [1.29, 1.82) is 0 Å². The van der Waals surface area contributed by atoms with Crippen LogP contribution in [0.3, 0.4) is 0 Å². The summed E-state index contributed by atoms with van der Waals surface area (Å²) in [7, 11) is 1.40. The van der Waals surface area contributed by atoms with Gasteiger partial charge in [-0.3, -0.25) is 19.9 Å². The zero-order chi connectivity index (χ0) is 16.3. The van der Waals surface area contributed by atoms with Gasteiger partial charge in [0.1, 0.15) is 5.69 Å². The molecule has 0 aliphatic carbocycles. The van der Waals surface area contributed by atoms with Crippen LogP contribution in [-0.4, -0.2) is 27.1 Å². The number of H-pyrrole nitrogens is 2. The minimum atomic E-state index is -1.09. The van der Waals surface area contributed by atoms with Gasteiger partial charge in [-0.05, 0) is 23.8 Å². The molecule has 9 heteroatoms. The number of phenolic OH excluding ortho intramolecular Hbond substituents is 1. The quantitative estimate of drug-likeness (QED) is 0.565. The number of phenols is 1. The Bertz CT molecular complexity index is 865. The molecule has 114 valence electrons. The van der Waals surface area contributed by atoms with E-state index in [0.29, 0.717) is 5.56 Å². The van der Waals surface area contributed by atoms with E-state index in [2.05, 4.69) is 4.98 Å². The van der Waals surface area contributed by atoms with Crippen molar-refractivity contribution in [2.45, 2.75) is 0 Å². The highest BCUT2D eigenvalue weighted by atomic mass is 16.6. The lowest BCUT2D eigenvalue weighted by Crippen LogP contribution is -2.25. The molecule has 0 aliphatic rings. The molecular weight excluding hydrogens is 294 g/mol. The SMILES string of the molecule is COc1ccc(/C=C/c2[nH]c(=O)[nH]c(=O)c2[N+](=O)[O-])cc1O. The van der Waals surface area contributed by atoms with Crippen molar-refractivity contribution in [3.63, 3.8) is 0 Å². The minimum Gasteiger partial charge on any atom is -0.504 e. The molecule has 1 aromatic heterocycles. The van der Waals surface area contributed by atoms with E-state index in [9.17, 15) is 24.8 Å². The third kappa shape index (κ3) is 3.03. The fourth-order valence-corrected chi connectivity index (χ4v) is 1.79. The molecule has 3 N–H and O–H groups in total. The van der Waals surface area contributed by atoms with Gasteiger partial charge in [-0.25, -0.2) is 4.79 Å². The van der Waals surface area contributed by atoms with Gasteiger partial charge in [0, 0.05) is 0 Å². The Labute approximate surface area is 122 Å². The Hall–Kier alpha value is -3.36. The van der Waals surface area contributed by atoms with E-state index in [1.54, 1.807) is 11.1 Å². The van der Waals surface area contributed by atoms with Crippen molar-refractivity contribution >= 4 is 17.8 Å². The lowest BCUT2D eigenvalue weighted by atomic mass is 10.1. The monoisotopic (exact) mass is 305 g/mol. The number of aromatic nitrogens is 2. The number of nitrogens with one attached hydrogen (secondary N) is 2. The summed E-state index contributed by atoms with van der Waals surface area (Å²) in [5.74, 6) is 0.159. The third-order valence-electron chi connectivity index (χ3n) is 2.77. The van der Waals surface area contributed by atoms with Crippen LogP contribution in [0.1, 0.15) is 11.3 Å². The van der Waals surface area contributed by atoms with Crippen LogP contribution in [0.15, 0.2) is 27.8 Å². The summed E-state index contributed by atoms with van der Waals surface area (Å²) < 4.78 is 4.89. The molecule has 2 aromatic rings. The van der Waals surface area contributed by atoms with E-state index in [0.717, 1.165) is 0 Å². The lowest BCUT2D eigenvalue weighted by Gasteiger charge is -2.03. The largest absolute Gasteiger partial charge is 0.504 e. The Morgan fingerprint density at radius 3 is 2.59 bits per heavy atom. The summed E-state index contributed by atoms with van der Waals surface area (Å²) in [6.45, 7) is 0. The predicted octanol–water partition coefficient (Wildman–Crippen LogP) is 0.856. The highest BCUT2D eigenvalue weighted by Crippen LogP contribution is 2.27. The van der Waals surface area contributed by atoms with Crippen molar-refractivity contribution in [2.24, 2.45) is 0 Å². The molecule has 0 unspecified atom stereocenters. The first-order valence-corrected chi connectivity index (χ1v) is 5.98. The van der Waals surface area contributed by atoms with Crippen molar-refractivity contribution in [3.05, 3.63) is 60.4 Å². The molecule has 0 saturated carbocycles. The summed E-state index contributed by atoms with van der Waals surface area (Å²) in [4.78, 5) is 36.6. The number of hydrogen-bond acceptors (Lipinski definition) is 6. The lowest BCUT2D eigenvalue weighted by molar-refractivity contribution is -0.386. The number of nitro groups is 1. The Kier molecular flexibility index (Phi) is 4.07. The predicted molar refractivity (Wildman–Crippen MR) is 77.9 cm³/mol. The van der Waals surface area contributed by atoms with Crippen LogP contribution in [0.4, 0.5) is 5.69 Å². The summed E-state index contributed by atoms with van der Waals surface area (Å²) in [6.07, 6.45) is 2.60. The van der Waals surface area contributed by atoms with E-state index in [1.807, 2.05) is 0 Å². The number of nitrogens with zero attached hydrogens (tertiary/aromatic N) is 1. The second-order valence-electron chi connectivity index (χ2n) is 4.19. The van der Waals surface area contributed by atoms with Gasteiger partial charge < -0.3 is 14.8 Å². The summed E-state index contributed by atoms with van der Waals surface area (Å²) in [6, 6.07) is 4.46. The third-order valence-corrected chi connectivity index (χ3v) is 2.77. The number of benzene rings is 1. The summed E-state index contributed by atoms with van der Waals surface area (Å²) in [5.41, 5.74) is -2.46. The molecule has 0 spiro atoms. The van der Waals surface area contributed by atoms with E-state index in [4.69, 9.17) is 4.74 Å². The normalized spacial score (nSPS) is 10.8.